The summed E-state index contributed by atoms with van der Waals surface area (Å²) in [7, 11) is 1.27. The maximum absolute atomic E-state index is 13.1. The van der Waals surface area contributed by atoms with Crippen LogP contribution in [0.3, 0.4) is 0 Å². The molecule has 0 spiro atoms. The molecular weight excluding hydrogens is 732 g/mol. The van der Waals surface area contributed by atoms with Crippen LogP contribution in [0.4, 0.5) is 18.3 Å². The number of nitrogen functional groups attached to an aromatic ring is 1. The van der Waals surface area contributed by atoms with E-state index in [-0.39, 0.29) is 40.4 Å². The monoisotopic (exact) mass is 771 g/mol. The van der Waals surface area contributed by atoms with Crippen LogP contribution in [0.5, 0.6) is 0 Å². The molecule has 2 atom stereocenters. The average Bonchev–Trinajstić information content (AvgIpc) is 3.53. The van der Waals surface area contributed by atoms with Crippen molar-refractivity contribution in [2.24, 2.45) is 5.16 Å². The topological polar surface area (TPSA) is 220 Å². The standard InChI is InChI=1S/C30H39N7O6S2.C2HF3O2/c1-3-4-5-6-7-8-9-10-13-32-25(38)19-12-11-14-36(15-19)16-20-17-44-28-23(27(40)37(28)24(20)29(41)42)34-26(39)22(35-43-2)21-18-45-30(31)33-21;3-2(4,5)1(6)7/h11-12,14-15,18,23,28H,3-10,13,16-17H2,1-2H3,(H4-,31,32,33,34,38,39,41,42);(H,6,7)/b35-22-;/t23-,28-;/m1./s1. The Bertz CT molecular complexity index is 1670. The Morgan fingerprint density at radius 3 is 2.40 bits per heavy atom. The zero-order chi connectivity index (χ0) is 38.4. The number of nitrogens with zero attached hydrogens (tertiary/aromatic N) is 4. The molecule has 1 fully saturated rings. The van der Waals surface area contributed by atoms with Crippen LogP contribution in [0.25, 0.3) is 0 Å². The van der Waals surface area contributed by atoms with Crippen LogP contribution in [-0.4, -0.2) is 87.4 Å². The first-order valence-corrected chi connectivity index (χ1v) is 18.2. The molecule has 4 heterocycles. The summed E-state index contributed by atoms with van der Waals surface area (Å²) in [6.45, 7) is 2.93. The van der Waals surface area contributed by atoms with Gasteiger partial charge >= 0.3 is 12.1 Å². The minimum Gasteiger partial charge on any atom is -0.543 e. The van der Waals surface area contributed by atoms with E-state index in [1.165, 1.54) is 56.4 Å². The van der Waals surface area contributed by atoms with Crippen molar-refractivity contribution in [1.82, 2.24) is 20.5 Å². The van der Waals surface area contributed by atoms with Gasteiger partial charge in [0.1, 0.15) is 29.8 Å². The number of amides is 3. The van der Waals surface area contributed by atoms with Crippen LogP contribution in [0.1, 0.15) is 74.3 Å². The number of aliphatic carboxylic acids is 2. The first kappa shape index (κ1) is 41.7. The molecule has 0 saturated carbocycles. The molecule has 52 heavy (non-hydrogen) atoms. The molecule has 3 amide bonds. The minimum atomic E-state index is -5.08. The van der Waals surface area contributed by atoms with E-state index in [1.807, 2.05) is 0 Å². The van der Waals surface area contributed by atoms with Gasteiger partial charge in [0.05, 0.1) is 11.7 Å². The van der Waals surface area contributed by atoms with E-state index in [2.05, 4.69) is 27.7 Å². The van der Waals surface area contributed by atoms with Crippen molar-refractivity contribution in [2.45, 2.75) is 82.4 Å². The van der Waals surface area contributed by atoms with E-state index in [0.29, 0.717) is 17.7 Å². The Hall–Kier alpha value is -4.72. The van der Waals surface area contributed by atoms with Gasteiger partial charge in [-0.1, -0.05) is 57.0 Å². The highest BCUT2D eigenvalue weighted by Crippen LogP contribution is 2.40. The molecule has 0 bridgehead atoms. The number of thioether (sulfide) groups is 1. The molecule has 0 radical (unpaired) electrons. The Morgan fingerprint density at radius 2 is 1.83 bits per heavy atom. The number of alkyl halides is 3. The largest absolute Gasteiger partial charge is 0.543 e. The van der Waals surface area contributed by atoms with E-state index in [9.17, 15) is 37.5 Å². The van der Waals surface area contributed by atoms with Crippen LogP contribution in [-0.2, 0) is 30.6 Å². The van der Waals surface area contributed by atoms with Crippen molar-refractivity contribution in [2.75, 3.05) is 25.1 Å². The van der Waals surface area contributed by atoms with Crippen molar-refractivity contribution < 1.29 is 56.8 Å². The van der Waals surface area contributed by atoms with Crippen LogP contribution in [0, 0.1) is 0 Å². The number of carboxylic acids is 2. The summed E-state index contributed by atoms with van der Waals surface area (Å²) in [6.07, 6.45) is 7.74. The van der Waals surface area contributed by atoms with E-state index in [1.54, 1.807) is 29.1 Å². The van der Waals surface area contributed by atoms with Gasteiger partial charge < -0.3 is 36.2 Å². The fourth-order valence-corrected chi connectivity index (χ4v) is 7.12. The molecule has 0 aromatic carbocycles. The van der Waals surface area contributed by atoms with Crippen molar-refractivity contribution in [3.8, 4) is 0 Å². The van der Waals surface area contributed by atoms with Crippen molar-refractivity contribution >= 4 is 63.6 Å². The molecule has 5 N–H and O–H groups in total. The van der Waals surface area contributed by atoms with Crippen molar-refractivity contribution in [1.29, 1.82) is 0 Å². The number of rotatable bonds is 17. The molecule has 15 nitrogen and oxygen atoms in total. The summed E-state index contributed by atoms with van der Waals surface area (Å²) >= 11 is 2.43. The molecule has 0 aliphatic carbocycles. The lowest BCUT2D eigenvalue weighted by molar-refractivity contribution is -0.689. The normalized spacial score (nSPS) is 17.0. The van der Waals surface area contributed by atoms with Gasteiger partial charge in [0.25, 0.3) is 17.7 Å². The molecule has 4 rings (SSSR count). The summed E-state index contributed by atoms with van der Waals surface area (Å²) in [6, 6.07) is 2.43. The number of hydrogen-bond acceptors (Lipinski definition) is 12. The fourth-order valence-electron chi connectivity index (χ4n) is 5.23. The number of nitrogens with two attached hydrogens (primary N) is 1. The summed E-state index contributed by atoms with van der Waals surface area (Å²) in [5, 5.41) is 29.8. The third-order valence-electron chi connectivity index (χ3n) is 7.74. The lowest BCUT2D eigenvalue weighted by atomic mass is 10.0. The number of unbranched alkanes of at least 4 members (excludes halogenated alkanes) is 7. The number of anilines is 1. The Labute approximate surface area is 305 Å². The van der Waals surface area contributed by atoms with E-state index >= 15 is 0 Å². The molecule has 2 aromatic heterocycles. The molecule has 0 unspecified atom stereocenters. The molecule has 20 heteroatoms. The van der Waals surface area contributed by atoms with Crippen molar-refractivity contribution in [3.63, 3.8) is 0 Å². The average molecular weight is 772 g/mol. The Morgan fingerprint density at radius 1 is 1.17 bits per heavy atom. The van der Waals surface area contributed by atoms with Gasteiger partial charge in [0.15, 0.2) is 29.8 Å². The second kappa shape index (κ2) is 19.8. The molecule has 2 aliphatic heterocycles. The van der Waals surface area contributed by atoms with Crippen LogP contribution in [0.15, 0.2) is 46.3 Å². The predicted molar refractivity (Wildman–Crippen MR) is 182 cm³/mol. The lowest BCUT2D eigenvalue weighted by Gasteiger charge is -2.50. The molecule has 1 saturated heterocycles. The van der Waals surface area contributed by atoms with Gasteiger partial charge in [0, 0.05) is 29.3 Å². The zero-order valence-electron chi connectivity index (χ0n) is 28.4. The highest BCUT2D eigenvalue weighted by atomic mass is 32.2. The van der Waals surface area contributed by atoms with Gasteiger partial charge in [0.2, 0.25) is 0 Å². The summed E-state index contributed by atoms with van der Waals surface area (Å²) in [5.41, 5.74) is 6.37. The smallest absolute Gasteiger partial charge is 0.490 e. The number of carboxylic acid groups (broad SMARTS) is 2. The number of aromatic nitrogens is 2. The number of carbonyl (C=O) groups is 5. The number of hydrogen-bond donors (Lipinski definition) is 4. The quantitative estimate of drug-likeness (QED) is 0.0599. The first-order chi connectivity index (χ1) is 24.7. The Kier molecular flexibility index (Phi) is 15.9. The highest BCUT2D eigenvalue weighted by molar-refractivity contribution is 8.00. The number of fused-ring (bicyclic) bond motifs is 1. The maximum Gasteiger partial charge on any atom is 0.490 e. The molecule has 2 aromatic rings. The van der Waals surface area contributed by atoms with Gasteiger partial charge in [-0.15, -0.1) is 23.1 Å². The number of oxime groups is 1. The zero-order valence-corrected chi connectivity index (χ0v) is 30.1. The van der Waals surface area contributed by atoms with Gasteiger partial charge in [-0.3, -0.25) is 19.3 Å². The van der Waals surface area contributed by atoms with Crippen LogP contribution >= 0.6 is 23.1 Å². The third kappa shape index (κ3) is 11.7. The molecular formula is C32H40F3N7O8S2. The summed E-state index contributed by atoms with van der Waals surface area (Å²) < 4.78 is 33.4. The SMILES string of the molecule is CCCCCCCCCCNC(=O)c1ccc[n+](CC2=C(C(=O)[O-])N3C(=O)[C@@H](NC(=O)/C(=N\OC)c4csc(N)n4)[C@H]3SC2)c1.O=C(O)C(F)(F)F. The number of pyridine rings is 1. The van der Waals surface area contributed by atoms with Gasteiger partial charge in [-0.25, -0.2) is 14.3 Å². The van der Waals surface area contributed by atoms with E-state index < -0.39 is 41.3 Å². The second-order valence-corrected chi connectivity index (χ2v) is 13.6. The molecule has 2 aliphatic rings. The number of β-lactam (4-membered cyclic amide) rings is 1. The van der Waals surface area contributed by atoms with E-state index in [0.717, 1.165) is 35.5 Å². The number of nitrogens with one attached hydrogen (secondary N) is 2. The van der Waals surface area contributed by atoms with Crippen molar-refractivity contribution in [3.05, 3.63) is 52.4 Å². The lowest BCUT2D eigenvalue weighted by Crippen LogP contribution is -2.71. The minimum absolute atomic E-state index is 0.138. The summed E-state index contributed by atoms with van der Waals surface area (Å²) in [5.74, 6) is -5.48. The number of carbonyl (C=O) groups excluding carboxylic acids is 4. The summed E-state index contributed by atoms with van der Waals surface area (Å²) in [4.78, 5) is 70.0. The number of thiazole rings is 1. The van der Waals surface area contributed by atoms with E-state index in [4.69, 9.17) is 20.5 Å². The van der Waals surface area contributed by atoms with Gasteiger partial charge in [-0.2, -0.15) is 13.2 Å². The predicted octanol–water partition coefficient (Wildman–Crippen LogP) is 1.97. The number of halogens is 3. The molecule has 284 valence electrons. The van der Waals surface area contributed by atoms with Gasteiger partial charge in [-0.05, 0) is 12.5 Å². The third-order valence-corrected chi connectivity index (χ3v) is 9.76. The Balaban J connectivity index is 0.000000944. The fraction of sp³-hybridized carbons (Fsp3) is 0.500. The second-order valence-electron chi connectivity index (χ2n) is 11.6. The first-order valence-electron chi connectivity index (χ1n) is 16.3. The van der Waals surface area contributed by atoms with Crippen LogP contribution in [0.2, 0.25) is 0 Å². The highest BCUT2D eigenvalue weighted by Gasteiger charge is 2.53. The van der Waals surface area contributed by atoms with Crippen LogP contribution < -0.4 is 26.0 Å². The maximum atomic E-state index is 13.1.